The van der Waals surface area contributed by atoms with Crippen molar-refractivity contribution >= 4 is 23.3 Å². The lowest BCUT2D eigenvalue weighted by atomic mass is 10.2. The van der Waals surface area contributed by atoms with Gasteiger partial charge in [0.05, 0.1) is 12.5 Å². The molecule has 1 amide bonds. The first-order valence-corrected chi connectivity index (χ1v) is 8.43. The third-order valence-electron chi connectivity index (χ3n) is 3.88. The molecule has 12 heteroatoms. The van der Waals surface area contributed by atoms with Gasteiger partial charge in [0.25, 0.3) is 5.91 Å². The lowest BCUT2D eigenvalue weighted by molar-refractivity contribution is -0.146. The van der Waals surface area contributed by atoms with Crippen LogP contribution in [0.15, 0.2) is 5.16 Å². The highest BCUT2D eigenvalue weighted by Gasteiger charge is 2.31. The molecule has 0 saturated heterocycles. The summed E-state index contributed by atoms with van der Waals surface area (Å²) >= 11 is 0. The number of amides is 1. The number of nitrogens with one attached hydrogen (secondary N) is 1. The predicted molar refractivity (Wildman–Crippen MR) is 87.1 cm³/mol. The number of anilines is 1. The zero-order valence-corrected chi connectivity index (χ0v) is 15.0. The van der Waals surface area contributed by atoms with Gasteiger partial charge < -0.3 is 14.9 Å². The van der Waals surface area contributed by atoms with Crippen molar-refractivity contribution in [3.63, 3.8) is 0 Å². The Morgan fingerprint density at radius 2 is 1.62 bits per heavy atom. The normalized spacial score (nSPS) is 15.1. The molecule has 0 heterocycles. The highest BCUT2D eigenvalue weighted by molar-refractivity contribution is 6.42. The van der Waals surface area contributed by atoms with Gasteiger partial charge in [-0.05, 0) is 19.8 Å². The molecular weight excluding hydrogens is 410 g/mol. The Hall–Kier alpha value is -2.79. The van der Waals surface area contributed by atoms with Crippen molar-refractivity contribution in [2.45, 2.75) is 32.3 Å². The Kier molecular flexibility index (Phi) is 7.46. The number of benzene rings is 1. The van der Waals surface area contributed by atoms with Gasteiger partial charge in [0.1, 0.15) is 18.1 Å². The number of alkyl halides is 1. The number of carbonyl (C=O) groups excluding carboxylic acids is 2. The predicted octanol–water partition coefficient (Wildman–Crippen LogP) is 3.39. The fourth-order valence-corrected chi connectivity index (χ4v) is 2.00. The Labute approximate surface area is 160 Å². The van der Waals surface area contributed by atoms with Gasteiger partial charge in [-0.15, -0.1) is 0 Å². The van der Waals surface area contributed by atoms with Gasteiger partial charge in [-0.1, -0.05) is 5.16 Å². The molecule has 1 atom stereocenters. The topological polar surface area (TPSA) is 77.0 Å². The monoisotopic (exact) mass is 426 g/mol. The van der Waals surface area contributed by atoms with E-state index in [1.54, 1.807) is 0 Å². The molecule has 1 N–H and O–H groups in total. The zero-order chi connectivity index (χ0) is 21.7. The summed E-state index contributed by atoms with van der Waals surface area (Å²) in [5.41, 5.74) is -2.14. The minimum atomic E-state index is -2.38. The summed E-state index contributed by atoms with van der Waals surface area (Å²) in [6.07, 6.45) is 0.219. The van der Waals surface area contributed by atoms with E-state index in [0.29, 0.717) is 0 Å². The fraction of sp³-hybridized carbons (Fsp3) is 0.471. The molecule has 6 nitrogen and oxygen atoms in total. The summed E-state index contributed by atoms with van der Waals surface area (Å²) in [6.45, 7) is -0.184. The summed E-state index contributed by atoms with van der Waals surface area (Å²) in [5.74, 6) is -13.2. The van der Waals surface area contributed by atoms with Gasteiger partial charge in [0.15, 0.2) is 29.4 Å². The molecule has 1 aromatic carbocycles. The maximum atomic E-state index is 13.6. The molecule has 1 aliphatic carbocycles. The third kappa shape index (κ3) is 5.61. The van der Waals surface area contributed by atoms with Crippen LogP contribution in [-0.4, -0.2) is 37.0 Å². The van der Waals surface area contributed by atoms with Crippen LogP contribution in [0.4, 0.5) is 32.0 Å². The maximum absolute atomic E-state index is 13.6. The number of hydrogen-bond donors (Lipinski definition) is 1. The van der Waals surface area contributed by atoms with E-state index in [1.165, 1.54) is 5.32 Å². The van der Waals surface area contributed by atoms with Gasteiger partial charge in [0.2, 0.25) is 5.82 Å². The molecule has 29 heavy (non-hydrogen) atoms. The average molecular weight is 426 g/mol. The first-order valence-electron chi connectivity index (χ1n) is 8.43. The second-order valence-electron chi connectivity index (χ2n) is 6.19. The standard InChI is InChI=1S/C17H16F6N2O4/c1-7(25-29-9(6-18)4-5-28-17(27)8-2-3-8)16(26)24-15-13(22)11(20)10(19)12(21)14(15)23/h8-9H,2-6H2,1H3,(H,24,26)/b25-7-. The molecule has 1 aromatic rings. The van der Waals surface area contributed by atoms with Crippen molar-refractivity contribution in [3.05, 3.63) is 29.1 Å². The SMILES string of the molecule is C/C(=N/OC(CF)CCOC(=O)C1CC1)C(=O)Nc1c(F)c(F)c(F)c(F)c1F. The van der Waals surface area contributed by atoms with Crippen molar-refractivity contribution in [2.24, 2.45) is 11.1 Å². The lowest BCUT2D eigenvalue weighted by Gasteiger charge is -2.13. The molecule has 2 rings (SSSR count). The molecule has 0 bridgehead atoms. The largest absolute Gasteiger partial charge is 0.465 e. The summed E-state index contributed by atoms with van der Waals surface area (Å²) in [5, 5.41) is 4.77. The number of hydrogen-bond acceptors (Lipinski definition) is 5. The smallest absolute Gasteiger partial charge is 0.308 e. The summed E-state index contributed by atoms with van der Waals surface area (Å²) in [4.78, 5) is 28.0. The summed E-state index contributed by atoms with van der Waals surface area (Å²) < 4.78 is 84.2. The quantitative estimate of drug-likeness (QED) is 0.164. The summed E-state index contributed by atoms with van der Waals surface area (Å²) in [6, 6.07) is 0. The molecule has 0 spiro atoms. The molecule has 1 unspecified atom stereocenters. The second kappa shape index (κ2) is 9.61. The average Bonchev–Trinajstić information content (AvgIpc) is 3.55. The molecular formula is C17H16F6N2O4. The number of oxime groups is 1. The van der Waals surface area contributed by atoms with Crippen LogP contribution in [-0.2, 0) is 19.2 Å². The highest BCUT2D eigenvalue weighted by Crippen LogP contribution is 2.30. The number of halogens is 6. The van der Waals surface area contributed by atoms with E-state index in [-0.39, 0.29) is 18.9 Å². The Balaban J connectivity index is 1.94. The fourth-order valence-electron chi connectivity index (χ4n) is 2.00. The van der Waals surface area contributed by atoms with E-state index in [4.69, 9.17) is 9.57 Å². The molecule has 0 aliphatic heterocycles. The first kappa shape index (κ1) is 22.5. The van der Waals surface area contributed by atoms with E-state index in [1.807, 2.05) is 0 Å². The van der Waals surface area contributed by atoms with Crippen LogP contribution >= 0.6 is 0 Å². The van der Waals surface area contributed by atoms with Gasteiger partial charge >= 0.3 is 5.97 Å². The van der Waals surface area contributed by atoms with Crippen molar-refractivity contribution in [1.82, 2.24) is 0 Å². The van der Waals surface area contributed by atoms with Crippen LogP contribution in [0.5, 0.6) is 0 Å². The first-order chi connectivity index (χ1) is 13.7. The zero-order valence-electron chi connectivity index (χ0n) is 15.0. The van der Waals surface area contributed by atoms with Crippen LogP contribution in [0.2, 0.25) is 0 Å². The van der Waals surface area contributed by atoms with Gasteiger partial charge in [0, 0.05) is 6.42 Å². The van der Waals surface area contributed by atoms with E-state index in [2.05, 4.69) is 5.16 Å². The molecule has 0 aromatic heterocycles. The highest BCUT2D eigenvalue weighted by atomic mass is 19.2. The summed E-state index contributed by atoms with van der Waals surface area (Å²) in [7, 11) is 0. The van der Waals surface area contributed by atoms with Crippen LogP contribution in [0.25, 0.3) is 0 Å². The molecule has 0 radical (unpaired) electrons. The minimum absolute atomic E-state index is 0.0784. The molecule has 160 valence electrons. The van der Waals surface area contributed by atoms with E-state index >= 15 is 0 Å². The van der Waals surface area contributed by atoms with Crippen LogP contribution < -0.4 is 5.32 Å². The van der Waals surface area contributed by atoms with Crippen LogP contribution in [0, 0.1) is 35.0 Å². The van der Waals surface area contributed by atoms with Gasteiger partial charge in [-0.3, -0.25) is 9.59 Å². The number of esters is 1. The number of rotatable bonds is 9. The van der Waals surface area contributed by atoms with Crippen molar-refractivity contribution in [3.8, 4) is 0 Å². The number of carbonyl (C=O) groups is 2. The van der Waals surface area contributed by atoms with Gasteiger partial charge in [-0.2, -0.15) is 0 Å². The Bertz CT molecular complexity index is 800. The van der Waals surface area contributed by atoms with Crippen LogP contribution in [0.1, 0.15) is 26.2 Å². The van der Waals surface area contributed by atoms with E-state index < -0.39 is 65.1 Å². The molecule has 1 fully saturated rings. The van der Waals surface area contributed by atoms with Crippen molar-refractivity contribution < 1.29 is 45.5 Å². The maximum Gasteiger partial charge on any atom is 0.308 e. The number of ether oxygens (including phenoxy) is 1. The van der Waals surface area contributed by atoms with Gasteiger partial charge in [-0.25, -0.2) is 26.3 Å². The van der Waals surface area contributed by atoms with E-state index in [9.17, 15) is 35.9 Å². The number of nitrogens with zero attached hydrogens (tertiary/aromatic N) is 1. The third-order valence-corrected chi connectivity index (χ3v) is 3.88. The van der Waals surface area contributed by atoms with E-state index in [0.717, 1.165) is 19.8 Å². The van der Waals surface area contributed by atoms with Crippen LogP contribution in [0.3, 0.4) is 0 Å². The van der Waals surface area contributed by atoms with Crippen molar-refractivity contribution in [2.75, 3.05) is 18.6 Å². The van der Waals surface area contributed by atoms with Crippen molar-refractivity contribution in [1.29, 1.82) is 0 Å². The Morgan fingerprint density at radius 1 is 1.07 bits per heavy atom. The lowest BCUT2D eigenvalue weighted by Crippen LogP contribution is -2.24. The Morgan fingerprint density at radius 3 is 2.14 bits per heavy atom. The molecule has 1 saturated carbocycles. The molecule has 1 aliphatic rings. The second-order valence-corrected chi connectivity index (χ2v) is 6.19. The minimum Gasteiger partial charge on any atom is -0.465 e.